The van der Waals surface area contributed by atoms with Crippen molar-refractivity contribution in [3.05, 3.63) is 0 Å². The summed E-state index contributed by atoms with van der Waals surface area (Å²) in [5.41, 5.74) is -1.11. The zero-order valence-electron chi connectivity index (χ0n) is 17.3. The lowest BCUT2D eigenvalue weighted by molar-refractivity contribution is -0.0933. The first-order valence-electron chi connectivity index (χ1n) is 10.4. The number of ether oxygens (including phenoxy) is 1. The van der Waals surface area contributed by atoms with Crippen LogP contribution in [0.1, 0.15) is 72.1 Å². The molecule has 2 aliphatic rings. The molecule has 3 N–H and O–H groups in total. The van der Waals surface area contributed by atoms with Crippen LogP contribution >= 0.6 is 0 Å². The van der Waals surface area contributed by atoms with E-state index in [1.165, 1.54) is 11.3 Å². The number of hydrogen-bond acceptors (Lipinski definition) is 5. The zero-order chi connectivity index (χ0) is 20.9. The van der Waals surface area contributed by atoms with Crippen LogP contribution in [-0.2, 0) is 14.8 Å². The van der Waals surface area contributed by atoms with E-state index in [-0.39, 0.29) is 0 Å². The monoisotopic (exact) mass is 420 g/mol. The average Bonchev–Trinajstić information content (AvgIpc) is 2.86. The lowest BCUT2D eigenvalue weighted by atomic mass is 9.83. The molecular formula is C19H36N2O6S. The van der Waals surface area contributed by atoms with Gasteiger partial charge in [0.2, 0.25) is 10.0 Å². The SMILES string of the molecule is CCCCNS(=O)(=O)CC(O)[C@H]1OC(C)(C)N(C(=O)O)[C@H]1CC1CCCCC1. The third kappa shape index (κ3) is 6.05. The van der Waals surface area contributed by atoms with E-state index in [0.29, 0.717) is 18.9 Å². The van der Waals surface area contributed by atoms with Crippen molar-refractivity contribution in [3.8, 4) is 0 Å². The topological polar surface area (TPSA) is 116 Å². The van der Waals surface area contributed by atoms with Gasteiger partial charge in [0.25, 0.3) is 0 Å². The number of amides is 1. The second-order valence-corrected chi connectivity index (χ2v) is 10.4. The number of hydrogen-bond donors (Lipinski definition) is 3. The number of aliphatic hydroxyl groups excluding tert-OH is 1. The van der Waals surface area contributed by atoms with E-state index in [2.05, 4.69) is 4.72 Å². The Morgan fingerprint density at radius 3 is 2.50 bits per heavy atom. The van der Waals surface area contributed by atoms with Crippen molar-refractivity contribution < 1.29 is 28.2 Å². The fourth-order valence-electron chi connectivity index (χ4n) is 4.51. The Bertz CT molecular complexity index is 618. The average molecular weight is 421 g/mol. The number of aliphatic hydroxyl groups is 1. The van der Waals surface area contributed by atoms with E-state index in [1.54, 1.807) is 13.8 Å². The number of carbonyl (C=O) groups is 1. The standard InChI is InChI=1S/C19H36N2O6S/c1-4-5-11-20-28(25,26)13-16(22)17-15(12-14-9-7-6-8-10-14)21(18(23)24)19(2,3)27-17/h14-17,20,22H,4-13H2,1-3H3,(H,23,24)/t15-,16?,17-/m0/s1. The van der Waals surface area contributed by atoms with Crippen molar-refractivity contribution in [3.63, 3.8) is 0 Å². The summed E-state index contributed by atoms with van der Waals surface area (Å²) in [6.07, 6.45) is 4.40. The summed E-state index contributed by atoms with van der Waals surface area (Å²) in [4.78, 5) is 13.2. The second kappa shape index (κ2) is 9.73. The molecule has 1 aliphatic heterocycles. The minimum atomic E-state index is -3.67. The van der Waals surface area contributed by atoms with E-state index in [4.69, 9.17) is 4.74 Å². The van der Waals surface area contributed by atoms with E-state index in [1.807, 2.05) is 6.92 Å². The Kier molecular flexibility index (Phi) is 8.13. The van der Waals surface area contributed by atoms with Crippen molar-refractivity contribution in [2.24, 2.45) is 5.92 Å². The normalized spacial score (nSPS) is 27.1. The molecule has 0 radical (unpaired) electrons. The van der Waals surface area contributed by atoms with Crippen LogP contribution in [-0.4, -0.2) is 65.9 Å². The van der Waals surface area contributed by atoms with E-state index in [0.717, 1.165) is 38.5 Å². The summed E-state index contributed by atoms with van der Waals surface area (Å²) >= 11 is 0. The summed E-state index contributed by atoms with van der Waals surface area (Å²) < 4.78 is 33.0. The number of unbranched alkanes of at least 4 members (excludes halogenated alkanes) is 1. The second-order valence-electron chi connectivity index (χ2n) is 8.59. The van der Waals surface area contributed by atoms with Gasteiger partial charge in [-0.3, -0.25) is 4.90 Å². The Hall–Kier alpha value is -0.900. The number of nitrogens with one attached hydrogen (secondary N) is 1. The minimum absolute atomic E-state index is 0.329. The fraction of sp³-hybridized carbons (Fsp3) is 0.947. The zero-order valence-corrected chi connectivity index (χ0v) is 18.1. The fourth-order valence-corrected chi connectivity index (χ4v) is 5.72. The molecule has 1 saturated carbocycles. The summed E-state index contributed by atoms with van der Waals surface area (Å²) in [6.45, 7) is 5.59. The van der Waals surface area contributed by atoms with Crippen LogP contribution in [0.3, 0.4) is 0 Å². The smallest absolute Gasteiger partial charge is 0.409 e. The molecule has 0 bridgehead atoms. The van der Waals surface area contributed by atoms with Crippen molar-refractivity contribution in [2.45, 2.75) is 96.1 Å². The van der Waals surface area contributed by atoms with Gasteiger partial charge in [-0.15, -0.1) is 0 Å². The van der Waals surface area contributed by atoms with E-state index in [9.17, 15) is 23.4 Å². The number of sulfonamides is 1. The molecule has 2 fully saturated rings. The first-order chi connectivity index (χ1) is 13.1. The van der Waals surface area contributed by atoms with Gasteiger partial charge in [-0.1, -0.05) is 45.4 Å². The summed E-state index contributed by atoms with van der Waals surface area (Å²) in [7, 11) is -3.67. The van der Waals surface area contributed by atoms with Crippen LogP contribution in [0.2, 0.25) is 0 Å². The van der Waals surface area contributed by atoms with Crippen LogP contribution < -0.4 is 4.72 Å². The van der Waals surface area contributed by atoms with Crippen LogP contribution in [0.15, 0.2) is 0 Å². The highest BCUT2D eigenvalue weighted by Gasteiger charge is 2.53. The van der Waals surface area contributed by atoms with E-state index >= 15 is 0 Å². The first-order valence-corrected chi connectivity index (χ1v) is 12.1. The predicted molar refractivity (Wildman–Crippen MR) is 107 cm³/mol. The van der Waals surface area contributed by atoms with Gasteiger partial charge in [0.05, 0.1) is 17.9 Å². The van der Waals surface area contributed by atoms with Gasteiger partial charge in [0.15, 0.2) is 0 Å². The molecule has 164 valence electrons. The maximum Gasteiger partial charge on any atom is 0.409 e. The highest BCUT2D eigenvalue weighted by molar-refractivity contribution is 7.89. The Balaban J connectivity index is 2.14. The maximum atomic E-state index is 12.3. The Labute approximate surface area is 168 Å². The lowest BCUT2D eigenvalue weighted by Gasteiger charge is -2.34. The maximum absolute atomic E-state index is 12.3. The molecule has 1 aliphatic carbocycles. The molecular weight excluding hydrogens is 384 g/mol. The lowest BCUT2D eigenvalue weighted by Crippen LogP contribution is -2.50. The van der Waals surface area contributed by atoms with Gasteiger partial charge in [-0.2, -0.15) is 0 Å². The number of nitrogens with zero attached hydrogens (tertiary/aromatic N) is 1. The molecule has 1 amide bonds. The van der Waals surface area contributed by atoms with Crippen molar-refractivity contribution >= 4 is 16.1 Å². The molecule has 28 heavy (non-hydrogen) atoms. The molecule has 0 aromatic rings. The minimum Gasteiger partial charge on any atom is -0.465 e. The van der Waals surface area contributed by atoms with Gasteiger partial charge in [-0.05, 0) is 32.6 Å². The summed E-state index contributed by atoms with van der Waals surface area (Å²) in [5.74, 6) is -0.126. The third-order valence-electron chi connectivity index (χ3n) is 5.84. The Morgan fingerprint density at radius 1 is 1.29 bits per heavy atom. The van der Waals surface area contributed by atoms with Crippen molar-refractivity contribution in [1.82, 2.24) is 9.62 Å². The quantitative estimate of drug-likeness (QED) is 0.494. The molecule has 1 unspecified atom stereocenters. The molecule has 8 nitrogen and oxygen atoms in total. The number of carboxylic acid groups (broad SMARTS) is 1. The summed E-state index contributed by atoms with van der Waals surface area (Å²) in [6, 6.07) is -0.559. The molecule has 1 heterocycles. The highest BCUT2D eigenvalue weighted by atomic mass is 32.2. The first kappa shape index (κ1) is 23.4. The van der Waals surface area contributed by atoms with E-state index < -0.39 is 45.8 Å². The van der Waals surface area contributed by atoms with Crippen LogP contribution in [0.5, 0.6) is 0 Å². The van der Waals surface area contributed by atoms with Gasteiger partial charge in [0, 0.05) is 6.54 Å². The Morgan fingerprint density at radius 2 is 1.93 bits per heavy atom. The molecule has 0 aromatic heterocycles. The van der Waals surface area contributed by atoms with Gasteiger partial charge in [-0.25, -0.2) is 17.9 Å². The van der Waals surface area contributed by atoms with Crippen molar-refractivity contribution in [2.75, 3.05) is 12.3 Å². The molecule has 9 heteroatoms. The molecule has 0 spiro atoms. The van der Waals surface area contributed by atoms with Crippen LogP contribution in [0.25, 0.3) is 0 Å². The van der Waals surface area contributed by atoms with Gasteiger partial charge >= 0.3 is 6.09 Å². The van der Waals surface area contributed by atoms with Gasteiger partial charge in [0.1, 0.15) is 11.8 Å². The molecule has 2 rings (SSSR count). The van der Waals surface area contributed by atoms with Crippen molar-refractivity contribution in [1.29, 1.82) is 0 Å². The molecule has 3 atom stereocenters. The molecule has 0 aromatic carbocycles. The summed E-state index contributed by atoms with van der Waals surface area (Å²) in [5, 5.41) is 20.5. The number of rotatable bonds is 9. The van der Waals surface area contributed by atoms with Gasteiger partial charge < -0.3 is 14.9 Å². The molecule has 1 saturated heterocycles. The third-order valence-corrected chi connectivity index (χ3v) is 7.27. The highest BCUT2D eigenvalue weighted by Crippen LogP contribution is 2.39. The largest absolute Gasteiger partial charge is 0.465 e. The van der Waals surface area contributed by atoms with Crippen LogP contribution in [0.4, 0.5) is 4.79 Å². The predicted octanol–water partition coefficient (Wildman–Crippen LogP) is 2.52. The van der Waals surface area contributed by atoms with Crippen LogP contribution in [0, 0.1) is 5.92 Å².